The normalized spacial score (nSPS) is 12.3. The Morgan fingerprint density at radius 2 is 1.73 bits per heavy atom. The summed E-state index contributed by atoms with van der Waals surface area (Å²) in [7, 11) is 0. The fourth-order valence-electron chi connectivity index (χ4n) is 3.45. The predicted molar refractivity (Wildman–Crippen MR) is 127 cm³/mol. The van der Waals surface area contributed by atoms with E-state index in [0.717, 1.165) is 21.8 Å². The third-order valence-electron chi connectivity index (χ3n) is 5.01. The minimum Gasteiger partial charge on any atom is -0.317 e. The predicted octanol–water partition coefficient (Wildman–Crippen LogP) is 6.00. The lowest BCUT2D eigenvalue weighted by Gasteiger charge is -2.15. The zero-order valence-corrected chi connectivity index (χ0v) is 19.4. The van der Waals surface area contributed by atoms with Gasteiger partial charge in [0.15, 0.2) is 0 Å². The van der Waals surface area contributed by atoms with E-state index >= 15 is 0 Å². The van der Waals surface area contributed by atoms with Crippen LogP contribution in [0.4, 0.5) is 0 Å². The number of halogens is 1. The van der Waals surface area contributed by atoms with Crippen molar-refractivity contribution in [2.24, 2.45) is 5.10 Å². The Bertz CT molecular complexity index is 1070. The van der Waals surface area contributed by atoms with Crippen LogP contribution in [0.2, 0.25) is 5.02 Å². The number of nitrogens with zero attached hydrogens (tertiary/aromatic N) is 2. The van der Waals surface area contributed by atoms with E-state index in [4.69, 9.17) is 11.6 Å². The summed E-state index contributed by atoms with van der Waals surface area (Å²) in [5.74, 6) is -0.144. The molecule has 6 heteroatoms. The van der Waals surface area contributed by atoms with E-state index in [9.17, 15) is 4.79 Å². The first-order valence-corrected chi connectivity index (χ1v) is 11.0. The van der Waals surface area contributed by atoms with Crippen LogP contribution in [0.3, 0.4) is 0 Å². The zero-order chi connectivity index (χ0) is 21.8. The first-order valence-electron chi connectivity index (χ1n) is 9.78. The van der Waals surface area contributed by atoms with Gasteiger partial charge in [-0.1, -0.05) is 29.8 Å². The van der Waals surface area contributed by atoms with E-state index in [-0.39, 0.29) is 11.2 Å². The van der Waals surface area contributed by atoms with Gasteiger partial charge >= 0.3 is 0 Å². The molecule has 4 nitrogen and oxygen atoms in total. The van der Waals surface area contributed by atoms with E-state index in [1.54, 1.807) is 6.21 Å². The summed E-state index contributed by atoms with van der Waals surface area (Å²) >= 11 is 7.38. The topological polar surface area (TPSA) is 46.4 Å². The van der Waals surface area contributed by atoms with Crippen LogP contribution in [-0.4, -0.2) is 21.9 Å². The van der Waals surface area contributed by atoms with Crippen molar-refractivity contribution in [2.45, 2.75) is 44.8 Å². The number of hydrogen-bond acceptors (Lipinski definition) is 3. The molecule has 156 valence electrons. The summed E-state index contributed by atoms with van der Waals surface area (Å²) in [4.78, 5) is 13.4. The number of carbonyl (C=O) groups excluding carboxylic acids is 1. The smallest absolute Gasteiger partial charge is 0.253 e. The number of aromatic nitrogens is 1. The third kappa shape index (κ3) is 4.97. The number of thioether (sulfide) groups is 1. The molecule has 0 spiro atoms. The van der Waals surface area contributed by atoms with E-state index < -0.39 is 0 Å². The molecule has 2 aromatic carbocycles. The summed E-state index contributed by atoms with van der Waals surface area (Å²) in [6.45, 7) is 10.3. The van der Waals surface area contributed by atoms with Crippen LogP contribution < -0.4 is 5.43 Å². The van der Waals surface area contributed by atoms with Crippen molar-refractivity contribution in [2.75, 3.05) is 0 Å². The van der Waals surface area contributed by atoms with Crippen molar-refractivity contribution in [1.29, 1.82) is 0 Å². The van der Waals surface area contributed by atoms with Gasteiger partial charge in [0, 0.05) is 26.9 Å². The van der Waals surface area contributed by atoms with Crippen molar-refractivity contribution in [3.05, 3.63) is 81.6 Å². The molecular weight excluding hydrogens is 414 g/mol. The first kappa shape index (κ1) is 22.2. The monoisotopic (exact) mass is 439 g/mol. The van der Waals surface area contributed by atoms with Gasteiger partial charge in [-0.25, -0.2) is 5.43 Å². The van der Waals surface area contributed by atoms with Crippen LogP contribution in [0, 0.1) is 27.7 Å². The van der Waals surface area contributed by atoms with Gasteiger partial charge < -0.3 is 4.57 Å². The summed E-state index contributed by atoms with van der Waals surface area (Å²) in [5, 5.41) is 4.61. The van der Waals surface area contributed by atoms with Crippen molar-refractivity contribution >= 4 is 35.5 Å². The average Bonchev–Trinajstić information content (AvgIpc) is 2.97. The van der Waals surface area contributed by atoms with Crippen molar-refractivity contribution in [1.82, 2.24) is 9.99 Å². The Labute approximate surface area is 187 Å². The fourth-order valence-corrected chi connectivity index (χ4v) is 4.44. The molecule has 0 saturated heterocycles. The van der Waals surface area contributed by atoms with Gasteiger partial charge in [0.05, 0.1) is 17.2 Å². The molecule has 0 unspecified atom stereocenters. The molecule has 1 N–H and O–H groups in total. The van der Waals surface area contributed by atoms with E-state index in [2.05, 4.69) is 67.1 Å². The lowest BCUT2D eigenvalue weighted by molar-refractivity contribution is -0.120. The second kappa shape index (κ2) is 9.54. The molecule has 0 fully saturated rings. The molecule has 3 rings (SSSR count). The molecule has 1 heterocycles. The first-order chi connectivity index (χ1) is 14.3. The maximum absolute atomic E-state index is 12.4. The Morgan fingerprint density at radius 1 is 1.10 bits per heavy atom. The number of benzene rings is 2. The van der Waals surface area contributed by atoms with Crippen LogP contribution in [0.1, 0.15) is 35.0 Å². The molecule has 0 bridgehead atoms. The minimum atomic E-state index is -0.273. The number of nitrogens with one attached hydrogen (secondary N) is 1. The van der Waals surface area contributed by atoms with Crippen LogP contribution in [-0.2, 0) is 4.79 Å². The Kier molecular flexibility index (Phi) is 7.06. The summed E-state index contributed by atoms with van der Waals surface area (Å²) in [6.07, 6.45) is 1.71. The molecule has 0 aliphatic heterocycles. The van der Waals surface area contributed by atoms with Crippen molar-refractivity contribution < 1.29 is 4.79 Å². The highest BCUT2D eigenvalue weighted by molar-refractivity contribution is 8.00. The maximum Gasteiger partial charge on any atom is 0.253 e. The molecule has 0 saturated carbocycles. The molecule has 1 amide bonds. The molecule has 0 aliphatic rings. The molecule has 3 aromatic rings. The summed E-state index contributed by atoms with van der Waals surface area (Å²) in [6, 6.07) is 15.8. The van der Waals surface area contributed by atoms with Gasteiger partial charge in [0.25, 0.3) is 5.91 Å². The highest BCUT2D eigenvalue weighted by Crippen LogP contribution is 2.26. The van der Waals surface area contributed by atoms with Crippen LogP contribution in [0.25, 0.3) is 5.69 Å². The molecule has 0 aliphatic carbocycles. The Hall–Kier alpha value is -2.50. The quantitative estimate of drug-likeness (QED) is 0.291. The second-order valence-electron chi connectivity index (χ2n) is 7.35. The Morgan fingerprint density at radius 3 is 2.37 bits per heavy atom. The molecule has 0 radical (unpaired) electrons. The van der Waals surface area contributed by atoms with Gasteiger partial charge in [0.1, 0.15) is 0 Å². The highest BCUT2D eigenvalue weighted by atomic mass is 35.5. The zero-order valence-electron chi connectivity index (χ0n) is 17.9. The minimum absolute atomic E-state index is 0.144. The molecular formula is C24H26ClN3OS. The van der Waals surface area contributed by atoms with Crippen molar-refractivity contribution in [3.8, 4) is 5.69 Å². The summed E-state index contributed by atoms with van der Waals surface area (Å²) < 4.78 is 2.24. The largest absolute Gasteiger partial charge is 0.317 e. The van der Waals surface area contributed by atoms with Gasteiger partial charge in [-0.05, 0) is 76.1 Å². The van der Waals surface area contributed by atoms with Crippen LogP contribution in [0.15, 0.2) is 58.5 Å². The maximum atomic E-state index is 12.4. The summed E-state index contributed by atoms with van der Waals surface area (Å²) in [5.41, 5.74) is 9.50. The number of para-hydroxylation sites is 1. The fraction of sp³-hybridized carbons (Fsp3) is 0.250. The molecule has 1 aromatic heterocycles. The van der Waals surface area contributed by atoms with Gasteiger partial charge in [0.2, 0.25) is 0 Å². The number of hydrazone groups is 1. The third-order valence-corrected chi connectivity index (χ3v) is 6.37. The average molecular weight is 440 g/mol. The Balaban J connectivity index is 1.71. The number of rotatable bonds is 6. The highest BCUT2D eigenvalue weighted by Gasteiger charge is 2.15. The number of carbonyl (C=O) groups is 1. The van der Waals surface area contributed by atoms with E-state index in [1.807, 2.05) is 31.2 Å². The second-order valence-corrected chi connectivity index (χ2v) is 9.20. The SMILES string of the molecule is Cc1cccc(C)c1-n1c(C)cc(/C=N\NC(=O)[C@H](C)Sc2ccc(Cl)cc2)c1C. The van der Waals surface area contributed by atoms with Crippen LogP contribution >= 0.6 is 23.4 Å². The number of aryl methyl sites for hydroxylation is 3. The lowest BCUT2D eigenvalue weighted by atomic mass is 10.1. The molecule has 1 atom stereocenters. The number of amides is 1. The molecule has 30 heavy (non-hydrogen) atoms. The lowest BCUT2D eigenvalue weighted by Crippen LogP contribution is -2.26. The standard InChI is InChI=1S/C24H26ClN3OS/c1-15-7-6-8-16(2)23(15)28-17(3)13-20(18(28)4)14-26-27-24(29)19(5)30-22-11-9-21(25)10-12-22/h6-14,19H,1-5H3,(H,27,29)/b26-14-/t19-/m0/s1. The van der Waals surface area contributed by atoms with Gasteiger partial charge in [-0.3, -0.25) is 4.79 Å². The van der Waals surface area contributed by atoms with Gasteiger partial charge in [-0.2, -0.15) is 5.10 Å². The van der Waals surface area contributed by atoms with Gasteiger partial charge in [-0.15, -0.1) is 11.8 Å². The van der Waals surface area contributed by atoms with E-state index in [0.29, 0.717) is 5.02 Å². The van der Waals surface area contributed by atoms with Crippen LogP contribution in [0.5, 0.6) is 0 Å². The van der Waals surface area contributed by atoms with Crippen molar-refractivity contribution in [3.63, 3.8) is 0 Å². The number of hydrogen-bond donors (Lipinski definition) is 1. The van der Waals surface area contributed by atoms with E-state index in [1.165, 1.54) is 28.6 Å².